The van der Waals surface area contributed by atoms with Crippen molar-refractivity contribution in [2.45, 2.75) is 54.4 Å². The number of esters is 2. The Morgan fingerprint density at radius 2 is 1.10 bits per heavy atom. The zero-order chi connectivity index (χ0) is 17.0. The van der Waals surface area contributed by atoms with Gasteiger partial charge in [0.05, 0.1) is 5.92 Å². The minimum atomic E-state index is -0.526. The average molecular weight is 344 g/mol. The number of carbonyl (C=O) groups is 2. The first-order chi connectivity index (χ1) is 9.36. The van der Waals surface area contributed by atoms with Crippen molar-refractivity contribution in [2.24, 2.45) is 5.92 Å². The quantitative estimate of drug-likeness (QED) is 0.407. The van der Waals surface area contributed by atoms with Gasteiger partial charge in [0, 0.05) is 48.5 Å². The zero-order valence-electron chi connectivity index (χ0n) is 14.2. The minimum Gasteiger partial charge on any atom is -0.397 e. The molecule has 0 saturated carbocycles. The fraction of sp³-hybridized carbons (Fsp3) is 0.857. The first kappa shape index (κ1) is 32.6. The van der Waals surface area contributed by atoms with Crippen LogP contribution in [0.3, 0.4) is 0 Å². The number of aliphatic hydroxyl groups excluding tert-OH is 3. The molecule has 21 heavy (non-hydrogen) atoms. The van der Waals surface area contributed by atoms with E-state index in [2.05, 4.69) is 4.74 Å². The SMILES string of the molecule is CCC(CC)C(=O)OC(C)=O.CCO.CCO.CCO.[Ti]. The average Bonchev–Trinajstić information content (AvgIpc) is 2.32. The fourth-order valence-corrected chi connectivity index (χ4v) is 0.847. The molecule has 0 rings (SSSR count). The van der Waals surface area contributed by atoms with Crippen LogP contribution in [0, 0.1) is 5.92 Å². The Balaban J connectivity index is -0.0000000711. The molecule has 6 nitrogen and oxygen atoms in total. The van der Waals surface area contributed by atoms with Gasteiger partial charge in [0.25, 0.3) is 0 Å². The van der Waals surface area contributed by atoms with Crippen molar-refractivity contribution >= 4 is 11.9 Å². The maximum Gasteiger partial charge on any atom is 0.316 e. The molecule has 128 valence electrons. The molecule has 0 bridgehead atoms. The molecule has 0 aliphatic carbocycles. The van der Waals surface area contributed by atoms with E-state index in [1.165, 1.54) is 6.92 Å². The molecular weight excluding hydrogens is 312 g/mol. The molecule has 0 aromatic carbocycles. The number of rotatable bonds is 3. The summed E-state index contributed by atoms with van der Waals surface area (Å²) < 4.78 is 4.42. The van der Waals surface area contributed by atoms with Crippen molar-refractivity contribution in [1.82, 2.24) is 0 Å². The predicted octanol–water partition coefficient (Wildman–Crippen LogP) is 1.51. The smallest absolute Gasteiger partial charge is 0.316 e. The standard InChI is InChI=1S/C8H14O3.3C2H6O.Ti/c1-4-7(5-2)8(10)11-6(3)9;3*1-2-3;/h7H,4-5H2,1-3H3;3*3H,2H2,1H3;. The molecule has 0 radical (unpaired) electrons. The van der Waals surface area contributed by atoms with Crippen molar-refractivity contribution in [2.75, 3.05) is 19.8 Å². The molecule has 0 aliphatic heterocycles. The van der Waals surface area contributed by atoms with Crippen molar-refractivity contribution in [3.8, 4) is 0 Å². The maximum atomic E-state index is 11.0. The van der Waals surface area contributed by atoms with Crippen LogP contribution in [-0.4, -0.2) is 47.1 Å². The summed E-state index contributed by atoms with van der Waals surface area (Å²) in [6.45, 7) is 10.8. The van der Waals surface area contributed by atoms with Crippen LogP contribution in [0.25, 0.3) is 0 Å². The predicted molar refractivity (Wildman–Crippen MR) is 79.1 cm³/mol. The van der Waals surface area contributed by atoms with Gasteiger partial charge in [-0.1, -0.05) is 13.8 Å². The Labute approximate surface area is 143 Å². The summed E-state index contributed by atoms with van der Waals surface area (Å²) >= 11 is 0. The van der Waals surface area contributed by atoms with Gasteiger partial charge >= 0.3 is 11.9 Å². The summed E-state index contributed by atoms with van der Waals surface area (Å²) in [6, 6.07) is 0. The van der Waals surface area contributed by atoms with E-state index < -0.39 is 11.9 Å². The van der Waals surface area contributed by atoms with E-state index in [9.17, 15) is 9.59 Å². The molecule has 0 heterocycles. The first-order valence-electron chi connectivity index (χ1n) is 6.91. The summed E-state index contributed by atoms with van der Waals surface area (Å²) in [5, 5.41) is 22.7. The number of ether oxygens (including phenoxy) is 1. The second kappa shape index (κ2) is 31.9. The van der Waals surface area contributed by atoms with Gasteiger partial charge in [0.1, 0.15) is 0 Å². The van der Waals surface area contributed by atoms with Crippen LogP contribution in [0.15, 0.2) is 0 Å². The van der Waals surface area contributed by atoms with Gasteiger partial charge in [-0.05, 0) is 33.6 Å². The fourth-order valence-electron chi connectivity index (χ4n) is 0.847. The van der Waals surface area contributed by atoms with Crippen LogP contribution in [-0.2, 0) is 36.0 Å². The van der Waals surface area contributed by atoms with Crippen molar-refractivity contribution in [3.05, 3.63) is 0 Å². The van der Waals surface area contributed by atoms with E-state index in [1.807, 2.05) is 13.8 Å². The van der Waals surface area contributed by atoms with E-state index in [0.29, 0.717) is 0 Å². The number of hydrogen-bond acceptors (Lipinski definition) is 6. The second-order valence-electron chi connectivity index (χ2n) is 3.37. The summed E-state index contributed by atoms with van der Waals surface area (Å²) in [6.07, 6.45) is 1.45. The molecule has 0 saturated heterocycles. The van der Waals surface area contributed by atoms with Gasteiger partial charge < -0.3 is 20.1 Å². The molecule has 0 unspecified atom stereocenters. The normalized spacial score (nSPS) is 7.71. The summed E-state index contributed by atoms with van der Waals surface area (Å²) in [5.41, 5.74) is 0. The first-order valence-corrected chi connectivity index (χ1v) is 6.91. The Bertz CT molecular complexity index is 191. The van der Waals surface area contributed by atoms with E-state index in [-0.39, 0.29) is 47.5 Å². The van der Waals surface area contributed by atoms with Crippen molar-refractivity contribution < 1.29 is 51.4 Å². The third kappa shape index (κ3) is 45.1. The minimum absolute atomic E-state index is 0. The number of aliphatic hydroxyl groups is 3. The topological polar surface area (TPSA) is 104 Å². The monoisotopic (exact) mass is 344 g/mol. The molecule has 3 N–H and O–H groups in total. The third-order valence-corrected chi connectivity index (χ3v) is 1.56. The Morgan fingerprint density at radius 3 is 1.24 bits per heavy atom. The second-order valence-corrected chi connectivity index (χ2v) is 3.37. The molecule has 0 aromatic heterocycles. The zero-order valence-corrected chi connectivity index (χ0v) is 15.7. The summed E-state index contributed by atoms with van der Waals surface area (Å²) in [4.78, 5) is 21.3. The van der Waals surface area contributed by atoms with Crippen LogP contribution >= 0.6 is 0 Å². The largest absolute Gasteiger partial charge is 0.397 e. The Kier molecular flexibility index (Phi) is 49.6. The molecule has 0 amide bonds. The van der Waals surface area contributed by atoms with E-state index in [1.54, 1.807) is 20.8 Å². The molecule has 0 fully saturated rings. The molecule has 7 heteroatoms. The van der Waals surface area contributed by atoms with Crippen LogP contribution in [0.1, 0.15) is 54.4 Å². The van der Waals surface area contributed by atoms with E-state index >= 15 is 0 Å². The third-order valence-electron chi connectivity index (χ3n) is 1.56. The Hall–Kier alpha value is -0.266. The maximum absolute atomic E-state index is 11.0. The van der Waals surface area contributed by atoms with Crippen LogP contribution in [0.5, 0.6) is 0 Å². The Morgan fingerprint density at radius 1 is 0.857 bits per heavy atom. The van der Waals surface area contributed by atoms with E-state index in [0.717, 1.165) is 12.8 Å². The van der Waals surface area contributed by atoms with Gasteiger partial charge in [0.2, 0.25) is 0 Å². The molecule has 0 spiro atoms. The van der Waals surface area contributed by atoms with Crippen molar-refractivity contribution in [3.63, 3.8) is 0 Å². The summed E-state index contributed by atoms with van der Waals surface area (Å²) in [5.74, 6) is -1.05. The van der Waals surface area contributed by atoms with E-state index in [4.69, 9.17) is 15.3 Å². The van der Waals surface area contributed by atoms with Gasteiger partial charge in [-0.3, -0.25) is 9.59 Å². The number of carbonyl (C=O) groups excluding carboxylic acids is 2. The van der Waals surface area contributed by atoms with Crippen LogP contribution in [0.4, 0.5) is 0 Å². The van der Waals surface area contributed by atoms with Gasteiger partial charge in [-0.2, -0.15) is 0 Å². The van der Waals surface area contributed by atoms with Gasteiger partial charge in [-0.15, -0.1) is 0 Å². The van der Waals surface area contributed by atoms with Crippen molar-refractivity contribution in [1.29, 1.82) is 0 Å². The molecular formula is C14H32O6Ti. The van der Waals surface area contributed by atoms with Crippen LogP contribution < -0.4 is 0 Å². The van der Waals surface area contributed by atoms with Gasteiger partial charge in [-0.25, -0.2) is 0 Å². The molecule has 0 atom stereocenters. The molecule has 0 aromatic rings. The van der Waals surface area contributed by atoms with Crippen LogP contribution in [0.2, 0.25) is 0 Å². The summed E-state index contributed by atoms with van der Waals surface area (Å²) in [7, 11) is 0. The van der Waals surface area contributed by atoms with Gasteiger partial charge in [0.15, 0.2) is 0 Å². The molecule has 0 aliphatic rings. The number of hydrogen-bond donors (Lipinski definition) is 3.